The molecule has 44 heavy (non-hydrogen) atoms. The number of nitrogens with two attached hydrogens (primary N) is 2. The zero-order chi connectivity index (χ0) is 32.5. The summed E-state index contributed by atoms with van der Waals surface area (Å²) in [6.07, 6.45) is 8.42. The molecule has 0 aliphatic carbocycles. The molecular weight excluding hydrogens is 566 g/mol. The Morgan fingerprint density at radius 2 is 1.82 bits per heavy atom. The Bertz CT molecular complexity index is 1290. The Hall–Kier alpha value is -4.28. The second-order valence-corrected chi connectivity index (χ2v) is 12.2. The molecule has 1 unspecified atom stereocenters. The van der Waals surface area contributed by atoms with E-state index < -0.39 is 53.2 Å². The molecular formula is C33H45N3O8. The van der Waals surface area contributed by atoms with Crippen molar-refractivity contribution in [2.24, 2.45) is 29.2 Å². The number of hydrogen-bond acceptors (Lipinski definition) is 10. The molecule has 11 heteroatoms. The summed E-state index contributed by atoms with van der Waals surface area (Å²) in [7, 11) is 0. The number of nitrogens with one attached hydrogen (secondary N) is 1. The minimum absolute atomic E-state index is 0.0195. The van der Waals surface area contributed by atoms with Gasteiger partial charge >= 0.3 is 18.2 Å². The molecule has 240 valence electrons. The van der Waals surface area contributed by atoms with Gasteiger partial charge in [-0.15, -0.1) is 0 Å². The lowest BCUT2D eigenvalue weighted by molar-refractivity contribution is -0.155. The third kappa shape index (κ3) is 9.11. The number of Topliss-reactive ketones (excluding diaryl/α,β-unsaturated/α-hetero) is 1. The molecule has 11 nitrogen and oxygen atoms in total. The van der Waals surface area contributed by atoms with E-state index in [-0.39, 0.29) is 25.4 Å². The first-order valence-corrected chi connectivity index (χ1v) is 14.9. The third-order valence-electron chi connectivity index (χ3n) is 8.24. The van der Waals surface area contributed by atoms with E-state index in [1.165, 1.54) is 6.20 Å². The summed E-state index contributed by atoms with van der Waals surface area (Å²) in [6, 6.07) is 6.82. The monoisotopic (exact) mass is 611 g/mol. The zero-order valence-corrected chi connectivity index (χ0v) is 26.2. The topological polar surface area (TPSA) is 169 Å². The number of ether oxygens (including phenoxy) is 4. The van der Waals surface area contributed by atoms with Gasteiger partial charge in [0.25, 0.3) is 0 Å². The van der Waals surface area contributed by atoms with Gasteiger partial charge in [-0.1, -0.05) is 51.1 Å². The van der Waals surface area contributed by atoms with Gasteiger partial charge in [-0.25, -0.2) is 9.59 Å². The van der Waals surface area contributed by atoms with Crippen LogP contribution in [0.5, 0.6) is 0 Å². The van der Waals surface area contributed by atoms with Gasteiger partial charge in [0.1, 0.15) is 24.6 Å². The number of hydrogen-bond donors (Lipinski definition) is 3. The average Bonchev–Trinajstić information content (AvgIpc) is 3.29. The lowest BCUT2D eigenvalue weighted by atomic mass is 9.78. The number of alkyl carbamates (subject to hydrolysis) is 1. The van der Waals surface area contributed by atoms with Crippen LogP contribution in [0.3, 0.4) is 0 Å². The third-order valence-corrected chi connectivity index (χ3v) is 8.24. The summed E-state index contributed by atoms with van der Waals surface area (Å²) >= 11 is 0. The molecule has 1 aromatic rings. The van der Waals surface area contributed by atoms with Crippen LogP contribution in [0.25, 0.3) is 11.8 Å². The Kier molecular flexibility index (Phi) is 11.6. The van der Waals surface area contributed by atoms with Crippen molar-refractivity contribution in [2.45, 2.75) is 77.5 Å². The summed E-state index contributed by atoms with van der Waals surface area (Å²) in [6.45, 7) is 8.50. The summed E-state index contributed by atoms with van der Waals surface area (Å²) in [5, 5.41) is 2.71. The summed E-state index contributed by atoms with van der Waals surface area (Å²) in [5.41, 5.74) is 11.4. The number of rotatable bonds is 6. The van der Waals surface area contributed by atoms with Crippen LogP contribution in [-0.2, 0) is 28.5 Å². The molecule has 2 heterocycles. The fraction of sp³-hybridized carbons (Fsp3) is 0.515. The fourth-order valence-electron chi connectivity index (χ4n) is 5.74. The second kappa shape index (κ2) is 14.9. The van der Waals surface area contributed by atoms with Crippen LogP contribution >= 0.6 is 0 Å². The van der Waals surface area contributed by atoms with E-state index in [2.05, 4.69) is 5.32 Å². The highest BCUT2D eigenvalue weighted by atomic mass is 16.7. The van der Waals surface area contributed by atoms with Crippen LogP contribution in [0.4, 0.5) is 9.59 Å². The van der Waals surface area contributed by atoms with Gasteiger partial charge in [0.2, 0.25) is 0 Å². The highest BCUT2D eigenvalue weighted by Crippen LogP contribution is 2.34. The predicted octanol–water partition coefficient (Wildman–Crippen LogP) is 4.85. The highest BCUT2D eigenvalue weighted by Gasteiger charge is 2.51. The van der Waals surface area contributed by atoms with Gasteiger partial charge in [-0.2, -0.15) is 0 Å². The number of esters is 1. The quantitative estimate of drug-likeness (QED) is 0.230. The lowest BCUT2D eigenvalue weighted by Gasteiger charge is -2.35. The molecule has 0 spiro atoms. The molecule has 2 fully saturated rings. The number of carbonyl (C=O) groups excluding carboxylic acids is 4. The molecule has 0 saturated carbocycles. The SMILES string of the molecule is CC1CCC[C@](C)(OC(=O)OC/C=C/c2ccc(/C(N)=C/C=C\N)cc2)C[C@@H](C)C(=O)[C@H](C)[C@H]2NC(=O)O[C@]2(C)COC1=O. The van der Waals surface area contributed by atoms with Gasteiger partial charge in [-0.3, -0.25) is 9.59 Å². The van der Waals surface area contributed by atoms with E-state index in [0.29, 0.717) is 25.0 Å². The molecule has 0 bridgehead atoms. The summed E-state index contributed by atoms with van der Waals surface area (Å²) in [4.78, 5) is 51.1. The second-order valence-electron chi connectivity index (χ2n) is 12.2. The van der Waals surface area contributed by atoms with Gasteiger partial charge < -0.3 is 35.7 Å². The Morgan fingerprint density at radius 3 is 2.50 bits per heavy atom. The number of benzene rings is 1. The van der Waals surface area contributed by atoms with E-state index >= 15 is 0 Å². The molecule has 2 aliphatic heterocycles. The molecule has 5 N–H and O–H groups in total. The minimum atomic E-state index is -1.20. The van der Waals surface area contributed by atoms with E-state index in [1.807, 2.05) is 30.3 Å². The smallest absolute Gasteiger partial charge is 0.461 e. The number of fused-ring (bicyclic) bond motifs is 1. The van der Waals surface area contributed by atoms with Gasteiger partial charge in [0.15, 0.2) is 5.60 Å². The molecule has 6 atom stereocenters. The first-order chi connectivity index (χ1) is 20.8. The normalized spacial score (nSPS) is 30.7. The standard InChI is InChI=1S/C33H45N3O8/c1-21-9-6-16-32(4,19-22(2)27(37)23(3)28-33(5,20-42-29(21)38)43-30(39)36-28)44-31(40)41-18-8-10-24-12-14-25(15-13-24)26(35)11-7-17-34/h7-8,10-15,17,21-23,28H,6,9,16,18-20,34-35H2,1-5H3,(H,36,39)/b10-8+,17-7-,26-11-/t21?,22-,23+,28-,32+,33-/m1/s1. The van der Waals surface area contributed by atoms with Crippen molar-refractivity contribution in [2.75, 3.05) is 13.2 Å². The minimum Gasteiger partial charge on any atom is -0.461 e. The molecule has 0 radical (unpaired) electrons. The van der Waals surface area contributed by atoms with Crippen molar-refractivity contribution in [1.29, 1.82) is 0 Å². The fourth-order valence-corrected chi connectivity index (χ4v) is 5.74. The van der Waals surface area contributed by atoms with Gasteiger partial charge in [0, 0.05) is 17.5 Å². The van der Waals surface area contributed by atoms with Crippen LogP contribution < -0.4 is 16.8 Å². The number of carbonyl (C=O) groups is 4. The zero-order valence-electron chi connectivity index (χ0n) is 26.2. The van der Waals surface area contributed by atoms with Crippen LogP contribution in [-0.4, -0.2) is 54.5 Å². The molecule has 1 amide bonds. The summed E-state index contributed by atoms with van der Waals surface area (Å²) < 4.78 is 22.1. The van der Waals surface area contributed by atoms with Crippen molar-refractivity contribution in [3.8, 4) is 0 Å². The van der Waals surface area contributed by atoms with E-state index in [9.17, 15) is 19.2 Å². The molecule has 1 aromatic carbocycles. The molecule has 2 aliphatic rings. The van der Waals surface area contributed by atoms with Gasteiger partial charge in [-0.05, 0) is 75.1 Å². The highest BCUT2D eigenvalue weighted by molar-refractivity contribution is 5.85. The number of cyclic esters (lactones) is 1. The van der Waals surface area contributed by atoms with Crippen molar-refractivity contribution in [1.82, 2.24) is 5.32 Å². The molecule has 3 rings (SSSR count). The number of ketones is 1. The van der Waals surface area contributed by atoms with Crippen molar-refractivity contribution >= 4 is 35.8 Å². The molecule has 0 aromatic heterocycles. The maximum Gasteiger partial charge on any atom is 0.509 e. The van der Waals surface area contributed by atoms with Crippen LogP contribution in [0.15, 0.2) is 48.7 Å². The Balaban J connectivity index is 1.66. The van der Waals surface area contributed by atoms with Crippen molar-refractivity contribution in [3.05, 3.63) is 59.8 Å². The van der Waals surface area contributed by atoms with Crippen LogP contribution in [0, 0.1) is 17.8 Å². The lowest BCUT2D eigenvalue weighted by Crippen LogP contribution is -2.52. The van der Waals surface area contributed by atoms with E-state index in [4.69, 9.17) is 30.4 Å². The number of allylic oxidation sites excluding steroid dienone is 2. The van der Waals surface area contributed by atoms with Crippen LogP contribution in [0.2, 0.25) is 0 Å². The average molecular weight is 612 g/mol. The maximum absolute atomic E-state index is 13.5. The number of amides is 1. The first kappa shape index (κ1) is 34.2. The predicted molar refractivity (Wildman–Crippen MR) is 166 cm³/mol. The van der Waals surface area contributed by atoms with E-state index in [1.54, 1.807) is 52.8 Å². The maximum atomic E-state index is 13.5. The Labute approximate surface area is 259 Å². The first-order valence-electron chi connectivity index (χ1n) is 14.9. The van der Waals surface area contributed by atoms with Crippen molar-refractivity contribution in [3.63, 3.8) is 0 Å². The van der Waals surface area contributed by atoms with Crippen molar-refractivity contribution < 1.29 is 38.1 Å². The molecule has 2 saturated heterocycles. The Morgan fingerprint density at radius 1 is 1.11 bits per heavy atom. The van der Waals surface area contributed by atoms with Gasteiger partial charge in [0.05, 0.1) is 12.0 Å². The van der Waals surface area contributed by atoms with E-state index in [0.717, 1.165) is 11.1 Å². The summed E-state index contributed by atoms with van der Waals surface area (Å²) in [5.74, 6) is -2.14. The largest absolute Gasteiger partial charge is 0.509 e. The van der Waals surface area contributed by atoms with Crippen LogP contribution in [0.1, 0.15) is 71.4 Å².